The van der Waals surface area contributed by atoms with Crippen LogP contribution in [0.1, 0.15) is 31.0 Å². The van der Waals surface area contributed by atoms with Gasteiger partial charge in [-0.15, -0.1) is 0 Å². The van der Waals surface area contributed by atoms with E-state index in [0.717, 1.165) is 16.9 Å². The van der Waals surface area contributed by atoms with E-state index in [1.165, 1.54) is 22.8 Å². The van der Waals surface area contributed by atoms with Crippen molar-refractivity contribution in [2.24, 2.45) is 4.99 Å². The Bertz CT molecular complexity index is 1360. The maximum Gasteiger partial charge on any atom is 0.338 e. The summed E-state index contributed by atoms with van der Waals surface area (Å²) in [5.41, 5.74) is 1.27. The number of carbonyl (C=O) groups is 1. The predicted molar refractivity (Wildman–Crippen MR) is 118 cm³/mol. The molecule has 0 spiro atoms. The molecule has 0 saturated heterocycles. The van der Waals surface area contributed by atoms with Crippen LogP contribution in [0.25, 0.3) is 6.08 Å². The number of benzene rings is 2. The largest absolute Gasteiger partial charge is 0.463 e. The fourth-order valence-corrected chi connectivity index (χ4v) is 4.77. The minimum atomic E-state index is -0.699. The molecule has 31 heavy (non-hydrogen) atoms. The Balaban J connectivity index is 1.99. The summed E-state index contributed by atoms with van der Waals surface area (Å²) >= 11 is 7.26. The molecule has 0 aliphatic carbocycles. The maximum absolute atomic E-state index is 14.3. The van der Waals surface area contributed by atoms with Crippen LogP contribution in [0.5, 0.6) is 0 Å². The van der Waals surface area contributed by atoms with E-state index in [4.69, 9.17) is 16.3 Å². The standard InChI is InChI=1S/C23H18ClFN2O3S/c1-3-30-22(29)19-13(2)26-23-27(20(19)14-8-5-4-6-9-14)21(28)18(31-23)12-15-16(24)10-7-11-17(15)25/h4-12,20H,3H2,1-2H3/b18-12+/t20-/m1/s1. The SMILES string of the molecule is CCOC(=O)C1=C(C)N=c2s/c(=C/c3c(F)cccc3Cl)c(=O)n2[C@@H]1c1ccccc1. The zero-order chi connectivity index (χ0) is 22.1. The lowest BCUT2D eigenvalue weighted by Gasteiger charge is -2.24. The first-order chi connectivity index (χ1) is 14.9. The van der Waals surface area contributed by atoms with Crippen LogP contribution in [-0.2, 0) is 9.53 Å². The molecule has 158 valence electrons. The fourth-order valence-electron chi connectivity index (χ4n) is 3.52. The number of esters is 1. The molecule has 0 radical (unpaired) electrons. The van der Waals surface area contributed by atoms with Gasteiger partial charge in [0, 0.05) is 5.56 Å². The Morgan fingerprint density at radius 2 is 2.00 bits per heavy atom. The molecular weight excluding hydrogens is 439 g/mol. The Morgan fingerprint density at radius 1 is 1.26 bits per heavy atom. The zero-order valence-corrected chi connectivity index (χ0v) is 18.3. The van der Waals surface area contributed by atoms with Gasteiger partial charge in [-0.05, 0) is 37.6 Å². The molecule has 0 bridgehead atoms. The van der Waals surface area contributed by atoms with Crippen molar-refractivity contribution < 1.29 is 13.9 Å². The number of allylic oxidation sites excluding steroid dienone is 1. The average molecular weight is 457 g/mol. The number of hydrogen-bond donors (Lipinski definition) is 0. The topological polar surface area (TPSA) is 60.7 Å². The Morgan fingerprint density at radius 3 is 2.68 bits per heavy atom. The van der Waals surface area contributed by atoms with Gasteiger partial charge in [0.25, 0.3) is 5.56 Å². The summed E-state index contributed by atoms with van der Waals surface area (Å²) in [5.74, 6) is -1.05. The molecule has 1 aliphatic heterocycles. The van der Waals surface area contributed by atoms with Crippen molar-refractivity contribution in [3.8, 4) is 0 Å². The van der Waals surface area contributed by atoms with E-state index in [1.54, 1.807) is 19.9 Å². The summed E-state index contributed by atoms with van der Waals surface area (Å²) in [6.07, 6.45) is 1.42. The molecule has 4 rings (SSSR count). The van der Waals surface area contributed by atoms with Crippen molar-refractivity contribution in [1.82, 2.24) is 4.57 Å². The number of rotatable bonds is 4. The Hall–Kier alpha value is -3.03. The molecule has 1 aromatic heterocycles. The van der Waals surface area contributed by atoms with Crippen molar-refractivity contribution in [2.45, 2.75) is 19.9 Å². The molecule has 0 saturated carbocycles. The van der Waals surface area contributed by atoms with E-state index in [2.05, 4.69) is 4.99 Å². The summed E-state index contributed by atoms with van der Waals surface area (Å²) in [6.45, 7) is 3.64. The van der Waals surface area contributed by atoms with E-state index in [9.17, 15) is 14.0 Å². The van der Waals surface area contributed by atoms with Crippen molar-refractivity contribution in [3.63, 3.8) is 0 Å². The third-order valence-corrected chi connectivity index (χ3v) is 6.22. The smallest absolute Gasteiger partial charge is 0.338 e. The number of hydrogen-bond acceptors (Lipinski definition) is 5. The number of ether oxygens (including phenoxy) is 1. The second-order valence-electron chi connectivity index (χ2n) is 6.85. The van der Waals surface area contributed by atoms with Crippen LogP contribution in [0, 0.1) is 5.82 Å². The Kier molecular flexibility index (Phi) is 5.89. The van der Waals surface area contributed by atoms with Crippen molar-refractivity contribution in [2.75, 3.05) is 6.61 Å². The molecule has 8 heteroatoms. The second-order valence-corrected chi connectivity index (χ2v) is 8.26. The lowest BCUT2D eigenvalue weighted by Crippen LogP contribution is -2.39. The van der Waals surface area contributed by atoms with Crippen LogP contribution in [-0.4, -0.2) is 17.1 Å². The molecule has 3 aromatic rings. The predicted octanol–water partition coefficient (Wildman–Crippen LogP) is 3.59. The number of carbonyl (C=O) groups excluding carboxylic acids is 1. The van der Waals surface area contributed by atoms with E-state index >= 15 is 0 Å². The van der Waals surface area contributed by atoms with Crippen LogP contribution >= 0.6 is 22.9 Å². The number of nitrogens with zero attached hydrogens (tertiary/aromatic N) is 2. The van der Waals surface area contributed by atoms with Gasteiger partial charge in [-0.2, -0.15) is 0 Å². The van der Waals surface area contributed by atoms with Gasteiger partial charge in [-0.25, -0.2) is 14.2 Å². The van der Waals surface area contributed by atoms with Gasteiger partial charge in [0.1, 0.15) is 5.82 Å². The van der Waals surface area contributed by atoms with E-state index in [1.807, 2.05) is 30.3 Å². The summed E-state index contributed by atoms with van der Waals surface area (Å²) in [4.78, 5) is 31.1. The first kappa shape index (κ1) is 21.2. The van der Waals surface area contributed by atoms with Gasteiger partial charge < -0.3 is 4.74 Å². The molecule has 5 nitrogen and oxygen atoms in total. The maximum atomic E-state index is 14.3. The molecule has 2 aromatic carbocycles. The molecular formula is C23H18ClFN2O3S. The number of thiazole rings is 1. The van der Waals surface area contributed by atoms with Gasteiger partial charge in [0.05, 0.1) is 33.5 Å². The van der Waals surface area contributed by atoms with Gasteiger partial charge in [0.15, 0.2) is 4.80 Å². The minimum absolute atomic E-state index is 0.132. The third-order valence-electron chi connectivity index (χ3n) is 4.91. The van der Waals surface area contributed by atoms with Crippen LogP contribution in [0.15, 0.2) is 69.6 Å². The molecule has 2 heterocycles. The average Bonchev–Trinajstić information content (AvgIpc) is 3.05. The highest BCUT2D eigenvalue weighted by molar-refractivity contribution is 7.07. The molecule has 0 amide bonds. The van der Waals surface area contributed by atoms with Gasteiger partial charge in [-0.3, -0.25) is 9.36 Å². The lowest BCUT2D eigenvalue weighted by molar-refractivity contribution is -0.139. The molecule has 1 aliphatic rings. The summed E-state index contributed by atoms with van der Waals surface area (Å²) in [5, 5.41) is 0.203. The molecule has 0 unspecified atom stereocenters. The zero-order valence-electron chi connectivity index (χ0n) is 16.8. The summed E-state index contributed by atoms with van der Waals surface area (Å²) in [7, 11) is 0. The van der Waals surface area contributed by atoms with Crippen LogP contribution < -0.4 is 14.9 Å². The van der Waals surface area contributed by atoms with Crippen molar-refractivity contribution in [1.29, 1.82) is 0 Å². The highest BCUT2D eigenvalue weighted by Gasteiger charge is 2.33. The molecule has 0 N–H and O–H groups in total. The van der Waals surface area contributed by atoms with E-state index in [-0.39, 0.29) is 27.3 Å². The number of fused-ring (bicyclic) bond motifs is 1. The normalized spacial score (nSPS) is 16.1. The second kappa shape index (κ2) is 8.61. The minimum Gasteiger partial charge on any atom is -0.463 e. The van der Waals surface area contributed by atoms with Crippen LogP contribution in [0.2, 0.25) is 5.02 Å². The molecule has 1 atom stereocenters. The van der Waals surface area contributed by atoms with E-state index in [0.29, 0.717) is 16.1 Å². The van der Waals surface area contributed by atoms with Crippen molar-refractivity contribution >= 4 is 35.0 Å². The van der Waals surface area contributed by atoms with Crippen molar-refractivity contribution in [3.05, 3.63) is 101 Å². The lowest BCUT2D eigenvalue weighted by atomic mass is 9.96. The summed E-state index contributed by atoms with van der Waals surface area (Å²) in [6, 6.07) is 12.9. The van der Waals surface area contributed by atoms with Gasteiger partial charge in [0.2, 0.25) is 0 Å². The summed E-state index contributed by atoms with van der Waals surface area (Å²) < 4.78 is 21.3. The van der Waals surface area contributed by atoms with Gasteiger partial charge >= 0.3 is 5.97 Å². The third kappa shape index (κ3) is 3.86. The highest BCUT2D eigenvalue weighted by atomic mass is 35.5. The Labute approximate surface area is 186 Å². The fraction of sp³-hybridized carbons (Fsp3) is 0.174. The first-order valence-corrected chi connectivity index (χ1v) is 10.8. The highest BCUT2D eigenvalue weighted by Crippen LogP contribution is 2.30. The molecule has 0 fully saturated rings. The van der Waals surface area contributed by atoms with Crippen LogP contribution in [0.4, 0.5) is 4.39 Å². The van der Waals surface area contributed by atoms with E-state index < -0.39 is 17.8 Å². The number of halogens is 2. The quantitative estimate of drug-likeness (QED) is 0.564. The number of aromatic nitrogens is 1. The monoisotopic (exact) mass is 456 g/mol. The van der Waals surface area contributed by atoms with Crippen LogP contribution in [0.3, 0.4) is 0 Å². The first-order valence-electron chi connectivity index (χ1n) is 9.61. The van der Waals surface area contributed by atoms with Gasteiger partial charge in [-0.1, -0.05) is 59.3 Å².